The maximum absolute atomic E-state index is 12.9. The van der Waals surface area contributed by atoms with Gasteiger partial charge in [-0.05, 0) is 36.4 Å². The first-order valence-electron chi connectivity index (χ1n) is 6.82. The highest BCUT2D eigenvalue weighted by Crippen LogP contribution is 2.37. The molecule has 2 aromatic carbocycles. The third kappa shape index (κ3) is 2.77. The van der Waals surface area contributed by atoms with E-state index < -0.39 is 10.0 Å². The first kappa shape index (κ1) is 15.8. The van der Waals surface area contributed by atoms with Crippen LogP contribution in [0, 0.1) is 0 Å². The Balaban J connectivity index is 2.08. The Morgan fingerprint density at radius 1 is 1.26 bits per heavy atom. The van der Waals surface area contributed by atoms with Crippen LogP contribution >= 0.6 is 11.6 Å². The van der Waals surface area contributed by atoms with E-state index in [1.165, 1.54) is 29.6 Å². The second kappa shape index (κ2) is 5.82. The highest BCUT2D eigenvalue weighted by molar-refractivity contribution is 7.92. The predicted molar refractivity (Wildman–Crippen MR) is 88.9 cm³/mol. The van der Waals surface area contributed by atoms with Crippen LogP contribution in [0.5, 0.6) is 11.5 Å². The van der Waals surface area contributed by atoms with E-state index >= 15 is 0 Å². The zero-order chi connectivity index (χ0) is 16.6. The van der Waals surface area contributed by atoms with Gasteiger partial charge >= 0.3 is 0 Å². The Bertz CT molecular complexity index is 855. The molecule has 0 aromatic heterocycles. The van der Waals surface area contributed by atoms with Crippen molar-refractivity contribution < 1.29 is 17.9 Å². The number of nitrogens with zero attached hydrogens (tertiary/aromatic N) is 1. The number of nitrogens with two attached hydrogens (primary N) is 1. The molecule has 6 nitrogen and oxygen atoms in total. The van der Waals surface area contributed by atoms with Crippen LogP contribution in [-0.2, 0) is 10.0 Å². The molecule has 0 saturated heterocycles. The number of methoxy groups -OCH3 is 1. The van der Waals surface area contributed by atoms with Gasteiger partial charge in [0.25, 0.3) is 10.0 Å². The van der Waals surface area contributed by atoms with E-state index in [1.807, 2.05) is 0 Å². The van der Waals surface area contributed by atoms with Crippen LogP contribution in [0.25, 0.3) is 0 Å². The molecule has 1 aliphatic heterocycles. The first-order valence-corrected chi connectivity index (χ1v) is 8.64. The molecule has 2 aromatic rings. The molecule has 0 aliphatic carbocycles. The summed E-state index contributed by atoms with van der Waals surface area (Å²) < 4.78 is 37.7. The van der Waals surface area contributed by atoms with Crippen LogP contribution in [-0.4, -0.2) is 28.7 Å². The lowest BCUT2D eigenvalue weighted by atomic mass is 10.2. The van der Waals surface area contributed by atoms with Crippen molar-refractivity contribution in [2.75, 3.05) is 30.3 Å². The molecule has 1 heterocycles. The number of halogens is 1. The summed E-state index contributed by atoms with van der Waals surface area (Å²) in [6, 6.07) is 9.25. The minimum Gasteiger partial charge on any atom is -0.495 e. The molecule has 0 spiro atoms. The lowest BCUT2D eigenvalue weighted by molar-refractivity contribution is 0.316. The Morgan fingerprint density at radius 2 is 2.04 bits per heavy atom. The Hall–Kier alpha value is -2.12. The van der Waals surface area contributed by atoms with Crippen molar-refractivity contribution >= 4 is 33.0 Å². The standard InChI is InChI=1S/C15H15ClN2O4S/c1-21-14-5-3-11(9-12(14)17)23(19,20)18-6-7-22-15-4-2-10(16)8-13(15)18/h2-5,8-9H,6-7,17H2,1H3. The topological polar surface area (TPSA) is 81.9 Å². The lowest BCUT2D eigenvalue weighted by Gasteiger charge is -2.30. The molecule has 0 fully saturated rings. The van der Waals surface area contributed by atoms with Gasteiger partial charge in [-0.3, -0.25) is 4.31 Å². The molecule has 0 radical (unpaired) electrons. The molecule has 0 atom stereocenters. The highest BCUT2D eigenvalue weighted by atomic mass is 35.5. The average Bonchev–Trinajstić information content (AvgIpc) is 2.54. The molecule has 0 bridgehead atoms. The van der Waals surface area contributed by atoms with E-state index in [0.29, 0.717) is 22.2 Å². The third-order valence-electron chi connectivity index (χ3n) is 3.53. The van der Waals surface area contributed by atoms with Crippen LogP contribution in [0.15, 0.2) is 41.3 Å². The molecular weight excluding hydrogens is 340 g/mol. The summed E-state index contributed by atoms with van der Waals surface area (Å²) in [6.45, 7) is 0.459. The van der Waals surface area contributed by atoms with Crippen molar-refractivity contribution in [3.8, 4) is 11.5 Å². The van der Waals surface area contributed by atoms with Crippen LogP contribution in [0.2, 0.25) is 5.02 Å². The Kier molecular flexibility index (Phi) is 3.99. The van der Waals surface area contributed by atoms with Crippen molar-refractivity contribution in [3.63, 3.8) is 0 Å². The van der Waals surface area contributed by atoms with E-state index in [4.69, 9.17) is 26.8 Å². The van der Waals surface area contributed by atoms with Crippen molar-refractivity contribution in [3.05, 3.63) is 41.4 Å². The van der Waals surface area contributed by atoms with Gasteiger partial charge in [0.2, 0.25) is 0 Å². The fraction of sp³-hybridized carbons (Fsp3) is 0.200. The summed E-state index contributed by atoms with van der Waals surface area (Å²) in [5, 5.41) is 0.434. The van der Waals surface area contributed by atoms with Crippen molar-refractivity contribution in [1.29, 1.82) is 0 Å². The van der Waals surface area contributed by atoms with Gasteiger partial charge in [0.1, 0.15) is 18.1 Å². The molecule has 2 N–H and O–H groups in total. The van der Waals surface area contributed by atoms with Crippen molar-refractivity contribution in [2.24, 2.45) is 0 Å². The summed E-state index contributed by atoms with van der Waals surface area (Å²) in [5.41, 5.74) is 6.50. The van der Waals surface area contributed by atoms with E-state index in [-0.39, 0.29) is 23.7 Å². The van der Waals surface area contributed by atoms with E-state index in [9.17, 15) is 8.42 Å². The summed E-state index contributed by atoms with van der Waals surface area (Å²) in [7, 11) is -2.31. The van der Waals surface area contributed by atoms with Crippen molar-refractivity contribution in [2.45, 2.75) is 4.90 Å². The van der Waals surface area contributed by atoms with Gasteiger partial charge in [-0.25, -0.2) is 8.42 Å². The zero-order valence-corrected chi connectivity index (χ0v) is 13.9. The number of rotatable bonds is 3. The Morgan fingerprint density at radius 3 is 2.74 bits per heavy atom. The van der Waals surface area contributed by atoms with Gasteiger partial charge in [0.15, 0.2) is 0 Å². The fourth-order valence-electron chi connectivity index (χ4n) is 2.42. The minimum absolute atomic E-state index is 0.0867. The second-order valence-corrected chi connectivity index (χ2v) is 7.24. The van der Waals surface area contributed by atoms with Crippen LogP contribution in [0.1, 0.15) is 0 Å². The van der Waals surface area contributed by atoms with Crippen LogP contribution in [0.3, 0.4) is 0 Å². The second-order valence-electron chi connectivity index (χ2n) is 4.94. The normalized spacial score (nSPS) is 14.1. The SMILES string of the molecule is COc1ccc(S(=O)(=O)N2CCOc3ccc(Cl)cc32)cc1N. The van der Waals surface area contributed by atoms with E-state index in [2.05, 4.69) is 0 Å². The molecule has 122 valence electrons. The first-order chi connectivity index (χ1) is 10.9. The summed E-state index contributed by atoms with van der Waals surface area (Å²) in [5.74, 6) is 0.903. The molecule has 0 saturated carbocycles. The maximum atomic E-state index is 12.9. The summed E-state index contributed by atoms with van der Waals surface area (Å²) >= 11 is 5.99. The number of hydrogen-bond acceptors (Lipinski definition) is 5. The van der Waals surface area contributed by atoms with Gasteiger partial charge in [0, 0.05) is 5.02 Å². The van der Waals surface area contributed by atoms with Gasteiger partial charge in [-0.2, -0.15) is 0 Å². The van der Waals surface area contributed by atoms with Crippen molar-refractivity contribution in [1.82, 2.24) is 0 Å². The van der Waals surface area contributed by atoms with E-state index in [1.54, 1.807) is 18.2 Å². The average molecular weight is 355 g/mol. The zero-order valence-electron chi connectivity index (χ0n) is 12.3. The minimum atomic E-state index is -3.78. The van der Waals surface area contributed by atoms with Gasteiger partial charge in [0.05, 0.1) is 29.9 Å². The largest absolute Gasteiger partial charge is 0.495 e. The number of sulfonamides is 1. The van der Waals surface area contributed by atoms with E-state index in [0.717, 1.165) is 0 Å². The smallest absolute Gasteiger partial charge is 0.264 e. The Labute approximate surface area is 139 Å². The number of ether oxygens (including phenoxy) is 2. The van der Waals surface area contributed by atoms with Gasteiger partial charge in [-0.1, -0.05) is 11.6 Å². The van der Waals surface area contributed by atoms with Crippen LogP contribution in [0.4, 0.5) is 11.4 Å². The molecule has 0 unspecified atom stereocenters. The lowest BCUT2D eigenvalue weighted by Crippen LogP contribution is -2.37. The van der Waals surface area contributed by atoms with Gasteiger partial charge < -0.3 is 15.2 Å². The molecular formula is C15H15ClN2O4S. The maximum Gasteiger partial charge on any atom is 0.264 e. The predicted octanol–water partition coefficient (Wildman–Crippen LogP) is 2.52. The fourth-order valence-corrected chi connectivity index (χ4v) is 4.07. The highest BCUT2D eigenvalue weighted by Gasteiger charge is 2.30. The quantitative estimate of drug-likeness (QED) is 0.856. The molecule has 3 rings (SSSR count). The molecule has 0 amide bonds. The molecule has 8 heteroatoms. The number of hydrogen-bond donors (Lipinski definition) is 1. The summed E-state index contributed by atoms with van der Waals surface area (Å²) in [6.07, 6.45) is 0. The number of benzene rings is 2. The number of fused-ring (bicyclic) bond motifs is 1. The number of anilines is 2. The van der Waals surface area contributed by atoms with Crippen LogP contribution < -0.4 is 19.5 Å². The van der Waals surface area contributed by atoms with Gasteiger partial charge in [-0.15, -0.1) is 0 Å². The molecule has 1 aliphatic rings. The number of nitrogen functional groups attached to an aromatic ring is 1. The summed E-state index contributed by atoms with van der Waals surface area (Å²) in [4.78, 5) is 0.0867. The third-order valence-corrected chi connectivity index (χ3v) is 5.58. The monoisotopic (exact) mass is 354 g/mol. The molecule has 23 heavy (non-hydrogen) atoms.